The Morgan fingerprint density at radius 1 is 0.943 bits per heavy atom. The van der Waals surface area contributed by atoms with E-state index in [9.17, 15) is 8.42 Å². The molecule has 4 rings (SSSR count). The minimum absolute atomic E-state index is 0.0106. The summed E-state index contributed by atoms with van der Waals surface area (Å²) >= 11 is 0. The molecule has 0 aliphatic heterocycles. The first-order valence-corrected chi connectivity index (χ1v) is 14.4. The molecule has 5 heteroatoms. The number of hydrogen-bond donors (Lipinski definition) is 0. The maximum Gasteiger partial charge on any atom is 0.297 e. The third-order valence-electron chi connectivity index (χ3n) is 7.24. The molecule has 188 valence electrons. The maximum absolute atomic E-state index is 12.6. The largest absolute Gasteiger partial charge is 0.378 e. The molecule has 1 unspecified atom stereocenters. The molecule has 0 aromatic heterocycles. The molecule has 0 radical (unpaired) electrons. The SMILES string of the molecule is CC1(COCCOS(=O)(=O)c2ccc(CCC3CCCCC3)cc2)C=CC(c2ccccc2)=CC1. The van der Waals surface area contributed by atoms with E-state index in [4.69, 9.17) is 8.92 Å². The lowest BCUT2D eigenvalue weighted by atomic mass is 9.81. The summed E-state index contributed by atoms with van der Waals surface area (Å²) in [4.78, 5) is 0.208. The van der Waals surface area contributed by atoms with E-state index < -0.39 is 10.1 Å². The summed E-state index contributed by atoms with van der Waals surface area (Å²) in [7, 11) is -3.77. The number of ether oxygens (including phenoxy) is 1. The summed E-state index contributed by atoms with van der Waals surface area (Å²) in [6.45, 7) is 2.91. The van der Waals surface area contributed by atoms with Crippen molar-refractivity contribution in [3.63, 3.8) is 0 Å². The Morgan fingerprint density at radius 2 is 1.69 bits per heavy atom. The van der Waals surface area contributed by atoms with Crippen LogP contribution in [0.4, 0.5) is 0 Å². The van der Waals surface area contributed by atoms with Crippen LogP contribution in [0, 0.1) is 11.3 Å². The summed E-state index contributed by atoms with van der Waals surface area (Å²) < 4.78 is 36.1. The Bertz CT molecular complexity index is 1100. The van der Waals surface area contributed by atoms with Gasteiger partial charge in [-0.15, -0.1) is 0 Å². The third-order valence-corrected chi connectivity index (χ3v) is 8.56. The van der Waals surface area contributed by atoms with Crippen LogP contribution in [0.1, 0.15) is 63.0 Å². The van der Waals surface area contributed by atoms with Crippen LogP contribution in [0.15, 0.2) is 77.7 Å². The summed E-state index contributed by atoms with van der Waals surface area (Å²) in [6, 6.07) is 17.5. The van der Waals surface area contributed by atoms with Gasteiger partial charge in [0.25, 0.3) is 10.1 Å². The van der Waals surface area contributed by atoms with Gasteiger partial charge in [-0.3, -0.25) is 4.18 Å². The van der Waals surface area contributed by atoms with Gasteiger partial charge in [0, 0.05) is 5.41 Å². The normalized spacial score (nSPS) is 21.1. The molecule has 0 spiro atoms. The first-order valence-electron chi connectivity index (χ1n) is 12.9. The van der Waals surface area contributed by atoms with Gasteiger partial charge in [0.1, 0.15) is 0 Å². The van der Waals surface area contributed by atoms with E-state index in [1.807, 2.05) is 30.3 Å². The van der Waals surface area contributed by atoms with E-state index in [1.54, 1.807) is 12.1 Å². The molecular weight excluding hydrogens is 456 g/mol. The van der Waals surface area contributed by atoms with Crippen LogP contribution >= 0.6 is 0 Å². The number of benzene rings is 2. The third kappa shape index (κ3) is 7.63. The highest BCUT2D eigenvalue weighted by Gasteiger charge is 2.23. The molecule has 0 N–H and O–H groups in total. The van der Waals surface area contributed by atoms with Crippen LogP contribution < -0.4 is 0 Å². The van der Waals surface area contributed by atoms with Crippen LogP contribution in [0.3, 0.4) is 0 Å². The summed E-state index contributed by atoms with van der Waals surface area (Å²) in [6.07, 6.45) is 16.4. The average Bonchev–Trinajstić information content (AvgIpc) is 2.89. The Balaban J connectivity index is 1.17. The van der Waals surface area contributed by atoms with Crippen LogP contribution in [0.5, 0.6) is 0 Å². The van der Waals surface area contributed by atoms with E-state index in [1.165, 1.54) is 55.2 Å². The lowest BCUT2D eigenvalue weighted by Crippen LogP contribution is -2.23. The Hall–Kier alpha value is -2.21. The highest BCUT2D eigenvalue weighted by atomic mass is 32.2. The fourth-order valence-electron chi connectivity index (χ4n) is 4.97. The molecule has 0 heterocycles. The quantitative estimate of drug-likeness (QED) is 0.250. The van der Waals surface area contributed by atoms with E-state index in [0.29, 0.717) is 6.61 Å². The molecule has 0 amide bonds. The van der Waals surface area contributed by atoms with Crippen molar-refractivity contribution in [1.29, 1.82) is 0 Å². The molecule has 1 atom stereocenters. The van der Waals surface area contributed by atoms with E-state index in [-0.39, 0.29) is 23.5 Å². The van der Waals surface area contributed by atoms with Gasteiger partial charge in [-0.2, -0.15) is 8.42 Å². The summed E-state index contributed by atoms with van der Waals surface area (Å²) in [5, 5.41) is 0. The molecule has 1 fully saturated rings. The summed E-state index contributed by atoms with van der Waals surface area (Å²) in [5.41, 5.74) is 3.51. The maximum atomic E-state index is 12.6. The van der Waals surface area contributed by atoms with Crippen molar-refractivity contribution in [2.75, 3.05) is 19.8 Å². The number of aryl methyl sites for hydroxylation is 1. The van der Waals surface area contributed by atoms with Crippen LogP contribution in [-0.2, 0) is 25.5 Å². The number of rotatable bonds is 11. The molecular formula is C30H38O4S. The minimum atomic E-state index is -3.77. The monoisotopic (exact) mass is 494 g/mol. The lowest BCUT2D eigenvalue weighted by Gasteiger charge is -2.28. The fourth-order valence-corrected chi connectivity index (χ4v) is 5.86. The standard InChI is InChI=1S/C30H38O4S/c1-30(20-18-28(19-21-30)27-10-6-3-7-11-27)24-33-22-23-34-35(31,32)29-16-14-26(15-17-29)13-12-25-8-4-2-5-9-25/h3,6-7,10-11,14-20,25H,2,4-5,8-9,12-13,21-24H2,1H3. The second-order valence-electron chi connectivity index (χ2n) is 10.2. The van der Waals surface area contributed by atoms with Crippen LogP contribution in [0.2, 0.25) is 0 Å². The van der Waals surface area contributed by atoms with E-state index in [0.717, 1.165) is 18.8 Å². The predicted molar refractivity (Wildman–Crippen MR) is 142 cm³/mol. The molecule has 0 bridgehead atoms. The van der Waals surface area contributed by atoms with Gasteiger partial charge >= 0.3 is 0 Å². The van der Waals surface area contributed by atoms with Gasteiger partial charge in [-0.05, 0) is 54.0 Å². The fraction of sp³-hybridized carbons (Fsp3) is 0.467. The Morgan fingerprint density at radius 3 is 2.37 bits per heavy atom. The highest BCUT2D eigenvalue weighted by molar-refractivity contribution is 7.86. The molecule has 2 aromatic carbocycles. The Labute approximate surface area is 211 Å². The van der Waals surface area contributed by atoms with Crippen molar-refractivity contribution < 1.29 is 17.3 Å². The zero-order chi connectivity index (χ0) is 24.6. The highest BCUT2D eigenvalue weighted by Crippen LogP contribution is 2.33. The molecule has 4 nitrogen and oxygen atoms in total. The molecule has 2 aliphatic rings. The van der Waals surface area contributed by atoms with Crippen LogP contribution in [0.25, 0.3) is 5.57 Å². The van der Waals surface area contributed by atoms with Gasteiger partial charge in [-0.25, -0.2) is 0 Å². The number of allylic oxidation sites excluding steroid dienone is 3. The topological polar surface area (TPSA) is 52.6 Å². The second-order valence-corrected chi connectivity index (χ2v) is 11.8. The molecule has 2 aliphatic carbocycles. The van der Waals surface area contributed by atoms with Gasteiger partial charge < -0.3 is 4.74 Å². The van der Waals surface area contributed by atoms with Gasteiger partial charge in [-0.1, -0.05) is 99.7 Å². The molecule has 1 saturated carbocycles. The van der Waals surface area contributed by atoms with Crippen molar-refractivity contribution in [2.45, 2.75) is 63.2 Å². The smallest absolute Gasteiger partial charge is 0.297 e. The molecule has 2 aromatic rings. The summed E-state index contributed by atoms with van der Waals surface area (Å²) in [5.74, 6) is 0.823. The van der Waals surface area contributed by atoms with Crippen LogP contribution in [-0.4, -0.2) is 28.2 Å². The zero-order valence-electron chi connectivity index (χ0n) is 20.8. The predicted octanol–water partition coefficient (Wildman–Crippen LogP) is 6.97. The van der Waals surface area contributed by atoms with Crippen molar-refractivity contribution in [1.82, 2.24) is 0 Å². The van der Waals surface area contributed by atoms with E-state index >= 15 is 0 Å². The average molecular weight is 495 g/mol. The first kappa shape index (κ1) is 25.9. The van der Waals surface area contributed by atoms with Gasteiger partial charge in [0.2, 0.25) is 0 Å². The molecule has 35 heavy (non-hydrogen) atoms. The zero-order valence-corrected chi connectivity index (χ0v) is 21.6. The van der Waals surface area contributed by atoms with Gasteiger partial charge in [0.05, 0.1) is 24.7 Å². The Kier molecular flexibility index (Phi) is 8.99. The van der Waals surface area contributed by atoms with Gasteiger partial charge in [0.15, 0.2) is 0 Å². The lowest BCUT2D eigenvalue weighted by molar-refractivity contribution is 0.0571. The minimum Gasteiger partial charge on any atom is -0.378 e. The second kappa shape index (κ2) is 12.2. The number of hydrogen-bond acceptors (Lipinski definition) is 4. The van der Waals surface area contributed by atoms with E-state index in [2.05, 4.69) is 37.3 Å². The van der Waals surface area contributed by atoms with Crippen molar-refractivity contribution in [2.24, 2.45) is 11.3 Å². The van der Waals surface area contributed by atoms with Crippen molar-refractivity contribution >= 4 is 15.7 Å². The molecule has 0 saturated heterocycles. The first-order chi connectivity index (χ1) is 16.9. The van der Waals surface area contributed by atoms with Crippen molar-refractivity contribution in [3.8, 4) is 0 Å². The van der Waals surface area contributed by atoms with Crippen molar-refractivity contribution in [3.05, 3.63) is 84.0 Å².